The molecular weight excluding hydrogens is 344 g/mol. The second-order valence-electron chi connectivity index (χ2n) is 6.24. The third-order valence-corrected chi connectivity index (χ3v) is 3.75. The number of rotatable bonds is 7. The van der Waals surface area contributed by atoms with Gasteiger partial charge in [-0.3, -0.25) is 0 Å². The van der Waals surface area contributed by atoms with Gasteiger partial charge in [0, 0.05) is 30.7 Å². The first-order chi connectivity index (χ1) is 10.3. The van der Waals surface area contributed by atoms with Gasteiger partial charge in [-0.05, 0) is 38.8 Å². The zero-order valence-electron chi connectivity index (χ0n) is 14.0. The Morgan fingerprint density at radius 2 is 1.95 bits per heavy atom. The van der Waals surface area contributed by atoms with Gasteiger partial charge in [0.05, 0.1) is 0 Å². The summed E-state index contributed by atoms with van der Waals surface area (Å²) < 4.78 is 6.54. The largest absolute Gasteiger partial charge is 0.444 e. The van der Waals surface area contributed by atoms with E-state index in [1.807, 2.05) is 39.0 Å². The van der Waals surface area contributed by atoms with Crippen molar-refractivity contribution in [3.05, 3.63) is 34.3 Å². The highest BCUT2D eigenvalue weighted by Gasteiger charge is 2.21. The standard InChI is InChI=1S/C17H27BrN2O2/c1-5-11-20(16(21)22-17(2,3)4)12-10-19-13-14-8-6-7-9-15(14)18/h6-9,19H,5,10-13H2,1-4H3. The number of carbonyl (C=O) groups is 1. The number of benzene rings is 1. The van der Waals surface area contributed by atoms with Crippen molar-refractivity contribution in [2.75, 3.05) is 19.6 Å². The fourth-order valence-corrected chi connectivity index (χ4v) is 2.39. The first-order valence-electron chi connectivity index (χ1n) is 7.75. The van der Waals surface area contributed by atoms with Gasteiger partial charge in [0.25, 0.3) is 0 Å². The van der Waals surface area contributed by atoms with Crippen molar-refractivity contribution in [2.24, 2.45) is 0 Å². The molecule has 1 aromatic rings. The lowest BCUT2D eigenvalue weighted by molar-refractivity contribution is 0.0252. The molecule has 1 aromatic carbocycles. The minimum Gasteiger partial charge on any atom is -0.444 e. The van der Waals surface area contributed by atoms with E-state index in [9.17, 15) is 4.79 Å². The SMILES string of the molecule is CCCN(CCNCc1ccccc1Br)C(=O)OC(C)(C)C. The number of amides is 1. The summed E-state index contributed by atoms with van der Waals surface area (Å²) in [4.78, 5) is 13.9. The fraction of sp³-hybridized carbons (Fsp3) is 0.588. The number of halogens is 1. The molecule has 0 atom stereocenters. The van der Waals surface area contributed by atoms with Gasteiger partial charge in [-0.1, -0.05) is 41.1 Å². The van der Waals surface area contributed by atoms with E-state index in [2.05, 4.69) is 34.2 Å². The van der Waals surface area contributed by atoms with Crippen molar-refractivity contribution in [1.29, 1.82) is 0 Å². The average molecular weight is 371 g/mol. The summed E-state index contributed by atoms with van der Waals surface area (Å²) in [5.74, 6) is 0. The monoisotopic (exact) mass is 370 g/mol. The Labute approximate surface area is 142 Å². The minimum atomic E-state index is -0.453. The van der Waals surface area contributed by atoms with E-state index in [0.29, 0.717) is 13.1 Å². The van der Waals surface area contributed by atoms with Crippen molar-refractivity contribution >= 4 is 22.0 Å². The molecule has 0 aromatic heterocycles. The first-order valence-corrected chi connectivity index (χ1v) is 8.55. The lowest BCUT2D eigenvalue weighted by Gasteiger charge is -2.27. The smallest absolute Gasteiger partial charge is 0.410 e. The maximum absolute atomic E-state index is 12.1. The van der Waals surface area contributed by atoms with E-state index >= 15 is 0 Å². The molecule has 0 saturated heterocycles. The van der Waals surface area contributed by atoms with Crippen LogP contribution in [0.3, 0.4) is 0 Å². The van der Waals surface area contributed by atoms with Crippen molar-refractivity contribution < 1.29 is 9.53 Å². The number of carbonyl (C=O) groups excluding carboxylic acids is 1. The van der Waals surface area contributed by atoms with E-state index in [-0.39, 0.29) is 6.09 Å². The van der Waals surface area contributed by atoms with Gasteiger partial charge < -0.3 is 15.0 Å². The number of nitrogens with one attached hydrogen (secondary N) is 1. The van der Waals surface area contributed by atoms with E-state index in [1.54, 1.807) is 4.90 Å². The first kappa shape index (κ1) is 19.0. The minimum absolute atomic E-state index is 0.239. The second-order valence-corrected chi connectivity index (χ2v) is 7.09. The van der Waals surface area contributed by atoms with Gasteiger partial charge in [0.1, 0.15) is 5.60 Å². The molecule has 22 heavy (non-hydrogen) atoms. The van der Waals surface area contributed by atoms with E-state index < -0.39 is 5.60 Å². The van der Waals surface area contributed by atoms with Gasteiger partial charge in [0.2, 0.25) is 0 Å². The molecule has 0 heterocycles. The highest BCUT2D eigenvalue weighted by molar-refractivity contribution is 9.10. The van der Waals surface area contributed by atoms with Gasteiger partial charge in [-0.15, -0.1) is 0 Å². The van der Waals surface area contributed by atoms with Crippen LogP contribution in [0.5, 0.6) is 0 Å². The molecule has 0 aliphatic rings. The maximum atomic E-state index is 12.1. The summed E-state index contributed by atoms with van der Waals surface area (Å²) in [6.45, 7) is 10.6. The predicted octanol–water partition coefficient (Wildman–Crippen LogP) is 4.19. The molecule has 0 aliphatic heterocycles. The molecule has 0 fully saturated rings. The van der Waals surface area contributed by atoms with Crippen LogP contribution in [0.15, 0.2) is 28.7 Å². The number of ether oxygens (including phenoxy) is 1. The van der Waals surface area contributed by atoms with Crippen molar-refractivity contribution in [1.82, 2.24) is 10.2 Å². The summed E-state index contributed by atoms with van der Waals surface area (Å²) in [7, 11) is 0. The van der Waals surface area contributed by atoms with Crippen molar-refractivity contribution in [2.45, 2.75) is 46.3 Å². The van der Waals surface area contributed by atoms with Crippen LogP contribution in [-0.4, -0.2) is 36.2 Å². The Balaban J connectivity index is 2.41. The molecule has 1 N–H and O–H groups in total. The number of hydrogen-bond donors (Lipinski definition) is 1. The fourth-order valence-electron chi connectivity index (χ4n) is 1.97. The quantitative estimate of drug-likeness (QED) is 0.731. The van der Waals surface area contributed by atoms with Crippen LogP contribution in [-0.2, 0) is 11.3 Å². The van der Waals surface area contributed by atoms with Crippen molar-refractivity contribution in [3.8, 4) is 0 Å². The Bertz CT molecular complexity index is 472. The Kier molecular flexibility index (Phi) is 7.90. The summed E-state index contributed by atoms with van der Waals surface area (Å²) in [6, 6.07) is 8.13. The molecule has 0 aliphatic carbocycles. The summed E-state index contributed by atoms with van der Waals surface area (Å²) in [6.07, 6.45) is 0.681. The number of nitrogens with zero attached hydrogens (tertiary/aromatic N) is 1. The topological polar surface area (TPSA) is 41.6 Å². The number of hydrogen-bond acceptors (Lipinski definition) is 3. The molecule has 4 nitrogen and oxygen atoms in total. The Morgan fingerprint density at radius 3 is 2.55 bits per heavy atom. The van der Waals surface area contributed by atoms with E-state index in [0.717, 1.165) is 24.0 Å². The Morgan fingerprint density at radius 1 is 1.27 bits per heavy atom. The zero-order chi connectivity index (χ0) is 16.6. The molecule has 1 rings (SSSR count). The molecular formula is C17H27BrN2O2. The summed E-state index contributed by atoms with van der Waals surface area (Å²) >= 11 is 3.53. The average Bonchev–Trinajstić information content (AvgIpc) is 2.42. The molecule has 0 spiro atoms. The third-order valence-electron chi connectivity index (χ3n) is 2.98. The maximum Gasteiger partial charge on any atom is 0.410 e. The summed E-state index contributed by atoms with van der Waals surface area (Å²) in [5.41, 5.74) is 0.757. The van der Waals surface area contributed by atoms with Crippen LogP contribution in [0.2, 0.25) is 0 Å². The van der Waals surface area contributed by atoms with Crippen LogP contribution in [0.25, 0.3) is 0 Å². The van der Waals surface area contributed by atoms with Gasteiger partial charge in [0.15, 0.2) is 0 Å². The highest BCUT2D eigenvalue weighted by Crippen LogP contribution is 2.15. The second kappa shape index (κ2) is 9.16. The molecule has 124 valence electrons. The third kappa shape index (κ3) is 7.27. The summed E-state index contributed by atoms with van der Waals surface area (Å²) in [5, 5.41) is 3.37. The van der Waals surface area contributed by atoms with Gasteiger partial charge in [-0.25, -0.2) is 4.79 Å². The zero-order valence-corrected chi connectivity index (χ0v) is 15.6. The molecule has 0 radical (unpaired) electrons. The normalized spacial score (nSPS) is 11.3. The van der Waals surface area contributed by atoms with E-state index in [1.165, 1.54) is 5.56 Å². The van der Waals surface area contributed by atoms with Crippen LogP contribution in [0.4, 0.5) is 4.79 Å². The van der Waals surface area contributed by atoms with Crippen LogP contribution >= 0.6 is 15.9 Å². The molecule has 0 saturated carbocycles. The molecule has 0 unspecified atom stereocenters. The Hall–Kier alpha value is -1.07. The van der Waals surface area contributed by atoms with Gasteiger partial charge in [-0.2, -0.15) is 0 Å². The lowest BCUT2D eigenvalue weighted by Crippen LogP contribution is -2.40. The molecule has 1 amide bonds. The molecule has 5 heteroatoms. The highest BCUT2D eigenvalue weighted by atomic mass is 79.9. The molecule has 0 bridgehead atoms. The lowest BCUT2D eigenvalue weighted by atomic mass is 10.2. The predicted molar refractivity (Wildman–Crippen MR) is 93.9 cm³/mol. The van der Waals surface area contributed by atoms with Crippen LogP contribution < -0.4 is 5.32 Å². The van der Waals surface area contributed by atoms with Crippen LogP contribution in [0.1, 0.15) is 39.7 Å². The van der Waals surface area contributed by atoms with Gasteiger partial charge >= 0.3 is 6.09 Å². The van der Waals surface area contributed by atoms with Crippen LogP contribution in [0, 0.1) is 0 Å². The van der Waals surface area contributed by atoms with E-state index in [4.69, 9.17) is 4.74 Å². The van der Waals surface area contributed by atoms with Crippen molar-refractivity contribution in [3.63, 3.8) is 0 Å².